The molecule has 1 N–H and O–H groups in total. The van der Waals surface area contributed by atoms with Crippen LogP contribution in [0, 0.1) is 0 Å². The van der Waals surface area contributed by atoms with E-state index >= 15 is 0 Å². The van der Waals surface area contributed by atoms with Crippen molar-refractivity contribution >= 4 is 11.6 Å². The summed E-state index contributed by atoms with van der Waals surface area (Å²) >= 11 is 5.48. The smallest absolute Gasteiger partial charge is 0.155 e. The monoisotopic (exact) mass is 117 g/mol. The number of hydrogen-bond donors (Lipinski definition) is 1. The maximum absolute atomic E-state index is 5.48. The second-order valence-corrected chi connectivity index (χ2v) is 1.79. The Hall–Kier alpha value is -0.500. The Morgan fingerprint density at radius 3 is 2.71 bits per heavy atom. The summed E-state index contributed by atoms with van der Waals surface area (Å²) in [4.78, 5) is 0. The number of rotatable bonds is 0. The summed E-state index contributed by atoms with van der Waals surface area (Å²) in [5.74, 6) is 0. The second kappa shape index (κ2) is 1.54. The first kappa shape index (κ1) is 4.65. The van der Waals surface area contributed by atoms with Crippen molar-refractivity contribution in [2.75, 3.05) is 0 Å². The fraction of sp³-hybridized carbons (Fsp3) is 0.250. The largest absolute Gasteiger partial charge is 0.196 e. The standard InChI is InChI=1S/C4H5ClN2/c1-7-3-2-4(5)6-7/h2-3H,1H3/p+1. The lowest BCUT2D eigenvalue weighted by atomic mass is 10.7. The van der Waals surface area contributed by atoms with E-state index in [0.717, 1.165) is 0 Å². The van der Waals surface area contributed by atoms with Crippen molar-refractivity contribution < 1.29 is 4.68 Å². The zero-order valence-electron chi connectivity index (χ0n) is 3.98. The number of nitrogens with zero attached hydrogens (tertiary/aromatic N) is 1. The summed E-state index contributed by atoms with van der Waals surface area (Å²) in [6, 6.07) is 1.79. The number of halogens is 1. The van der Waals surface area contributed by atoms with Crippen molar-refractivity contribution in [2.45, 2.75) is 0 Å². The maximum atomic E-state index is 5.48. The zero-order valence-corrected chi connectivity index (χ0v) is 4.74. The number of aryl methyl sites for hydroxylation is 1. The highest BCUT2D eigenvalue weighted by Crippen LogP contribution is 1.95. The molecule has 0 amide bonds. The quantitative estimate of drug-likeness (QED) is 0.478. The molecule has 0 fully saturated rings. The fourth-order valence-electron chi connectivity index (χ4n) is 0.420. The summed E-state index contributed by atoms with van der Waals surface area (Å²) < 4.78 is 1.78. The van der Waals surface area contributed by atoms with Crippen LogP contribution in [-0.2, 0) is 7.05 Å². The molecule has 0 aromatic carbocycles. The van der Waals surface area contributed by atoms with Gasteiger partial charge in [0.2, 0.25) is 0 Å². The molecule has 1 aromatic rings. The van der Waals surface area contributed by atoms with Gasteiger partial charge < -0.3 is 0 Å². The highest BCUT2D eigenvalue weighted by molar-refractivity contribution is 6.29. The first-order valence-electron chi connectivity index (χ1n) is 1.99. The first-order valence-corrected chi connectivity index (χ1v) is 2.37. The predicted molar refractivity (Wildman–Crippen MR) is 27.0 cm³/mol. The molecule has 0 unspecified atom stereocenters. The van der Waals surface area contributed by atoms with Crippen LogP contribution in [0.15, 0.2) is 12.3 Å². The molecule has 0 aliphatic heterocycles. The van der Waals surface area contributed by atoms with Crippen LogP contribution in [0.5, 0.6) is 0 Å². The lowest BCUT2D eigenvalue weighted by Gasteiger charge is -1.69. The SMILES string of the molecule is C[n+]1ccc(Cl)[nH]1. The highest BCUT2D eigenvalue weighted by Gasteiger charge is 1.91. The molecule has 0 bridgehead atoms. The van der Waals surface area contributed by atoms with Gasteiger partial charge in [0.1, 0.15) is 0 Å². The molecular formula is C4H6ClN2+. The van der Waals surface area contributed by atoms with E-state index in [1.807, 2.05) is 13.2 Å². The van der Waals surface area contributed by atoms with Crippen molar-refractivity contribution in [3.63, 3.8) is 0 Å². The normalized spacial score (nSPS) is 9.43. The van der Waals surface area contributed by atoms with Crippen LogP contribution in [-0.4, -0.2) is 5.10 Å². The van der Waals surface area contributed by atoms with Crippen LogP contribution in [0.4, 0.5) is 0 Å². The fourth-order valence-corrected chi connectivity index (χ4v) is 0.610. The van der Waals surface area contributed by atoms with Gasteiger partial charge in [0.15, 0.2) is 18.4 Å². The second-order valence-electron chi connectivity index (χ2n) is 1.39. The van der Waals surface area contributed by atoms with Gasteiger partial charge in [0.25, 0.3) is 0 Å². The Morgan fingerprint density at radius 2 is 2.57 bits per heavy atom. The number of aromatic nitrogens is 2. The summed E-state index contributed by atoms with van der Waals surface area (Å²) in [6.45, 7) is 0. The van der Waals surface area contributed by atoms with Gasteiger partial charge in [-0.25, -0.2) is 0 Å². The predicted octanol–water partition coefficient (Wildman–Crippen LogP) is 0.493. The van der Waals surface area contributed by atoms with Crippen LogP contribution >= 0.6 is 11.6 Å². The van der Waals surface area contributed by atoms with E-state index in [9.17, 15) is 0 Å². The molecule has 1 aromatic heterocycles. The Bertz CT molecular complexity index is 142. The number of nitrogens with one attached hydrogen (secondary N) is 1. The molecule has 0 spiro atoms. The van der Waals surface area contributed by atoms with E-state index in [0.29, 0.717) is 5.15 Å². The molecule has 0 aliphatic rings. The van der Waals surface area contributed by atoms with Gasteiger partial charge in [0, 0.05) is 6.07 Å². The third-order valence-electron chi connectivity index (χ3n) is 0.728. The highest BCUT2D eigenvalue weighted by atomic mass is 35.5. The van der Waals surface area contributed by atoms with Crippen LogP contribution in [0.3, 0.4) is 0 Å². The Kier molecular flexibility index (Phi) is 1.02. The van der Waals surface area contributed by atoms with E-state index < -0.39 is 0 Å². The molecule has 2 nitrogen and oxygen atoms in total. The lowest BCUT2D eigenvalue weighted by molar-refractivity contribution is -0.726. The third kappa shape index (κ3) is 0.933. The molecule has 38 valence electrons. The average Bonchev–Trinajstić information content (AvgIpc) is 1.87. The van der Waals surface area contributed by atoms with E-state index in [4.69, 9.17) is 11.6 Å². The molecule has 0 saturated heterocycles. The average molecular weight is 118 g/mol. The van der Waals surface area contributed by atoms with Gasteiger partial charge in [-0.1, -0.05) is 11.6 Å². The minimum atomic E-state index is 0.669. The molecule has 0 atom stereocenters. The molecule has 0 aliphatic carbocycles. The summed E-state index contributed by atoms with van der Waals surface area (Å²) in [5.41, 5.74) is 0. The van der Waals surface area contributed by atoms with Crippen molar-refractivity contribution in [1.29, 1.82) is 0 Å². The molecule has 1 rings (SSSR count). The molecule has 3 heteroatoms. The van der Waals surface area contributed by atoms with Gasteiger partial charge >= 0.3 is 0 Å². The topological polar surface area (TPSA) is 19.7 Å². The molecule has 0 saturated carbocycles. The summed E-state index contributed by atoms with van der Waals surface area (Å²) in [5, 5.41) is 3.49. The van der Waals surface area contributed by atoms with Crippen molar-refractivity contribution in [1.82, 2.24) is 5.10 Å². The molecule has 0 radical (unpaired) electrons. The van der Waals surface area contributed by atoms with Gasteiger partial charge in [-0.2, -0.15) is 5.10 Å². The van der Waals surface area contributed by atoms with Gasteiger partial charge in [-0.15, -0.1) is 4.68 Å². The van der Waals surface area contributed by atoms with Crippen molar-refractivity contribution in [3.05, 3.63) is 17.4 Å². The van der Waals surface area contributed by atoms with E-state index in [1.165, 1.54) is 0 Å². The Labute approximate surface area is 46.7 Å². The number of aromatic amines is 1. The number of H-pyrrole nitrogens is 1. The maximum Gasteiger partial charge on any atom is 0.196 e. The molecule has 7 heavy (non-hydrogen) atoms. The molecule has 1 heterocycles. The minimum absolute atomic E-state index is 0.669. The minimum Gasteiger partial charge on any atom is -0.155 e. The van der Waals surface area contributed by atoms with Crippen LogP contribution in [0.2, 0.25) is 5.15 Å². The Morgan fingerprint density at radius 1 is 1.86 bits per heavy atom. The van der Waals surface area contributed by atoms with E-state index in [-0.39, 0.29) is 0 Å². The first-order chi connectivity index (χ1) is 3.29. The van der Waals surface area contributed by atoms with Crippen molar-refractivity contribution in [3.8, 4) is 0 Å². The summed E-state index contributed by atoms with van der Waals surface area (Å²) in [7, 11) is 1.88. The molecular weight excluding hydrogens is 112 g/mol. The van der Waals surface area contributed by atoms with E-state index in [2.05, 4.69) is 5.10 Å². The number of hydrogen-bond acceptors (Lipinski definition) is 0. The van der Waals surface area contributed by atoms with Crippen molar-refractivity contribution in [2.24, 2.45) is 7.05 Å². The van der Waals surface area contributed by atoms with Gasteiger partial charge in [-0.05, 0) is 0 Å². The van der Waals surface area contributed by atoms with E-state index in [1.54, 1.807) is 10.7 Å². The van der Waals surface area contributed by atoms with Crippen LogP contribution in [0.25, 0.3) is 0 Å². The van der Waals surface area contributed by atoms with Gasteiger partial charge in [0.05, 0.1) is 0 Å². The lowest BCUT2D eigenvalue weighted by Crippen LogP contribution is -2.27. The van der Waals surface area contributed by atoms with Gasteiger partial charge in [-0.3, -0.25) is 0 Å². The van der Waals surface area contributed by atoms with Crippen LogP contribution < -0.4 is 4.68 Å². The summed E-state index contributed by atoms with van der Waals surface area (Å²) in [6.07, 6.45) is 1.85. The third-order valence-corrected chi connectivity index (χ3v) is 0.938. The zero-order chi connectivity index (χ0) is 5.28. The van der Waals surface area contributed by atoms with Crippen LogP contribution in [0.1, 0.15) is 0 Å². The Balaban J connectivity index is 3.04.